The van der Waals surface area contributed by atoms with Crippen LogP contribution in [-0.2, 0) is 0 Å². The number of ether oxygens (including phenoxy) is 1. The second-order valence-electron chi connectivity index (χ2n) is 10.4. The molecule has 0 atom stereocenters. The number of methoxy groups -OCH3 is 1. The van der Waals surface area contributed by atoms with Crippen LogP contribution in [0.2, 0.25) is 0 Å². The zero-order valence-electron chi connectivity index (χ0n) is 33.9. The Kier molecular flexibility index (Phi) is 208. The molecule has 0 fully saturated rings. The van der Waals surface area contributed by atoms with Crippen molar-refractivity contribution in [3.8, 4) is 11.5 Å². The molecule has 0 unspecified atom stereocenters. The number of nitrogen functional groups attached to an aromatic ring is 1. The Morgan fingerprint density at radius 3 is 0.821 bits per heavy atom. The highest BCUT2D eigenvalue weighted by atomic mass is 32.2. The van der Waals surface area contributed by atoms with Crippen LogP contribution < -0.4 is 38.2 Å². The Morgan fingerprint density at radius 1 is 0.436 bits per heavy atom. The van der Waals surface area contributed by atoms with E-state index >= 15 is 0 Å². The largest absolute Gasteiger partial charge is 0.497 e. The van der Waals surface area contributed by atoms with E-state index in [4.69, 9.17) is 33.4 Å². The van der Waals surface area contributed by atoms with E-state index in [0.29, 0.717) is 25.5 Å². The lowest BCUT2D eigenvalue weighted by atomic mass is 10.2. The fourth-order valence-corrected chi connectivity index (χ4v) is 3.93. The first-order valence-corrected chi connectivity index (χ1v) is 23.4. The van der Waals surface area contributed by atoms with Crippen molar-refractivity contribution in [3.63, 3.8) is 0 Å². The molecule has 0 bridgehead atoms. The molecule has 0 spiro atoms. The predicted molar refractivity (Wildman–Crippen MR) is 411 cm³/mol. The number of benzene rings is 5. The van der Waals surface area contributed by atoms with E-state index in [1.807, 2.05) is 84.9 Å². The zero-order chi connectivity index (χ0) is 46.6. The number of thiol groups is 9. The average Bonchev–Trinajstić information content (AvgIpc) is 3.25. The summed E-state index contributed by atoms with van der Waals surface area (Å²) in [7, 11) is 1.65. The van der Waals surface area contributed by atoms with Gasteiger partial charge in [-0.2, -0.15) is 50.5 Å². The van der Waals surface area contributed by atoms with Gasteiger partial charge in [0.1, 0.15) is 11.5 Å². The monoisotopic (exact) mass is 1300 g/mol. The Hall–Kier alpha value is -1.76. The highest BCUT2D eigenvalue weighted by molar-refractivity contribution is 7.98. The third kappa shape index (κ3) is 113. The maximum absolute atomic E-state index is 9.82. The quantitative estimate of drug-likeness (QED) is 0.0186. The van der Waals surface area contributed by atoms with Gasteiger partial charge in [0.2, 0.25) is 0 Å². The second kappa shape index (κ2) is 111. The molecule has 0 aliphatic rings. The minimum Gasteiger partial charge on any atom is -0.497 e. The van der Waals surface area contributed by atoms with Gasteiger partial charge in [-0.25, -0.2) is 0 Å². The maximum Gasteiger partial charge on any atom is 0.299 e. The van der Waals surface area contributed by atoms with Gasteiger partial charge in [-0.15, -0.1) is 85.0 Å². The number of nitrogens with zero attached hydrogens (tertiary/aromatic N) is 1. The van der Waals surface area contributed by atoms with E-state index in [1.54, 1.807) is 31.0 Å². The number of hydrogen-bond donors (Lipinski definition) is 14. The van der Waals surface area contributed by atoms with Crippen LogP contribution in [0.1, 0.15) is 139 Å². The molecule has 0 radical (unpaired) electrons. The maximum atomic E-state index is 9.82. The fourth-order valence-electron chi connectivity index (χ4n) is 2.78. The molecule has 10 N–H and O–H groups in total. The molecule has 20 heteroatoms. The van der Waals surface area contributed by atoms with Crippen molar-refractivity contribution >= 4 is 131 Å². The first-order valence-electron chi connectivity index (χ1n) is 17.4. The van der Waals surface area contributed by atoms with Crippen LogP contribution in [0.3, 0.4) is 0 Å². The van der Waals surface area contributed by atoms with E-state index in [9.17, 15) is 10.1 Å². The van der Waals surface area contributed by atoms with Gasteiger partial charge in [-0.05, 0) is 122 Å². The third-order valence-electron chi connectivity index (χ3n) is 5.48. The summed E-state index contributed by atoms with van der Waals surface area (Å²) >= 11 is 37.2. The van der Waals surface area contributed by atoms with Crippen LogP contribution in [0.4, 0.5) is 5.69 Å². The van der Waals surface area contributed by atoms with Gasteiger partial charge in [0.05, 0.1) is 7.11 Å². The number of aryl methyl sites for hydroxylation is 1. The summed E-state index contributed by atoms with van der Waals surface area (Å²) in [6.45, 7) is 4.11. The molecule has 78 heavy (non-hydrogen) atoms. The molecule has 5 aromatic rings. The van der Waals surface area contributed by atoms with Crippen LogP contribution in [0.5, 0.6) is 11.5 Å². The van der Waals surface area contributed by atoms with Gasteiger partial charge in [-0.3, -0.25) is 4.84 Å². The summed E-state index contributed by atoms with van der Waals surface area (Å²) in [5.41, 5.74) is 27.0. The van der Waals surface area contributed by atoms with Crippen molar-refractivity contribution < 1.29 is 14.7 Å². The molecule has 0 aromatic heterocycles. The molecule has 0 amide bonds. The smallest absolute Gasteiger partial charge is 0.299 e. The van der Waals surface area contributed by atoms with E-state index in [1.165, 1.54) is 22.6 Å². The number of anilines is 1. The summed E-state index contributed by atoms with van der Waals surface area (Å²) in [6, 6.07) is 37.3. The topological polar surface area (TPSA) is 192 Å². The van der Waals surface area contributed by atoms with Crippen molar-refractivity contribution in [1.82, 2.24) is 0 Å². The second-order valence-corrected chi connectivity index (χ2v) is 15.5. The normalized spacial score (nSPS) is 6.72. The summed E-state index contributed by atoms with van der Waals surface area (Å²) < 4.78 is 4.94. The Bertz CT molecular complexity index is 1510. The molecule has 0 aliphatic heterocycles. The molecule has 480 valence electrons. The van der Waals surface area contributed by atoms with E-state index < -0.39 is 5.09 Å². The van der Waals surface area contributed by atoms with Crippen LogP contribution >= 0.6 is 125 Å². The molecule has 5 rings (SSSR count). The fraction of sp³-hybridized carbons (Fsp3) is 0.483. The van der Waals surface area contributed by atoms with Gasteiger partial charge in [-0.1, -0.05) is 151 Å². The Labute approximate surface area is 544 Å². The molecule has 0 heterocycles. The molecule has 10 nitrogen and oxygen atoms in total. The predicted octanol–water partition coefficient (Wildman–Crippen LogP) is 21.0. The van der Waals surface area contributed by atoms with E-state index in [-0.39, 0.29) is 139 Å². The summed E-state index contributed by atoms with van der Waals surface area (Å²) in [6.07, 6.45) is 2.06. The summed E-state index contributed by atoms with van der Waals surface area (Å²) in [5.74, 6) is 3.89. The van der Waals surface area contributed by atoms with Gasteiger partial charge < -0.3 is 33.4 Å². The van der Waals surface area contributed by atoms with Crippen molar-refractivity contribution in [3.05, 3.63) is 137 Å². The number of hydrogen-bond acceptors (Lipinski definition) is 19. The molecular weight excluding hydrogens is 1170 g/mol. The zero-order valence-corrected chi connectivity index (χ0v) is 42.8. The summed E-state index contributed by atoms with van der Waals surface area (Å²) in [5, 5.41) is 8.96. The Morgan fingerprint density at radius 2 is 0.641 bits per heavy atom. The van der Waals surface area contributed by atoms with Crippen molar-refractivity contribution in [2.75, 3.05) is 61.9 Å². The van der Waals surface area contributed by atoms with Crippen molar-refractivity contribution in [1.29, 1.82) is 0 Å². The Balaban J connectivity index is -0.0000000225. The number of rotatable bonds is 7. The lowest BCUT2D eigenvalue weighted by Gasteiger charge is -1.96. The minimum absolute atomic E-state index is 0. The highest BCUT2D eigenvalue weighted by Gasteiger charge is 1.97. The lowest BCUT2D eigenvalue weighted by Crippen LogP contribution is -2.02. The summed E-state index contributed by atoms with van der Waals surface area (Å²) in [4.78, 5) is 19.9. The molecule has 5 aromatic carbocycles. The van der Waals surface area contributed by atoms with Crippen molar-refractivity contribution in [2.24, 2.45) is 22.9 Å². The molecule has 0 aliphatic carbocycles. The SMILES string of the molecule is C.C.C.C.C.C.C.C.C.C.C.C.C.C.C.C.C.C.COc1ccc(S)cc1.CSc1ccc(S)cc1.Cc1ccc(S)cc1.NCCS.NCCS.NCCS.NCS.Nc1ccc(S)cc1.O=[N+]([O-])Oc1ccc(S)cc1. The van der Waals surface area contributed by atoms with E-state index in [2.05, 4.69) is 144 Å². The van der Waals surface area contributed by atoms with Gasteiger partial charge in [0.15, 0.2) is 0 Å². The highest BCUT2D eigenvalue weighted by Crippen LogP contribution is 2.16. The standard InChI is InChI=1S/C7H8OS.C7H8S2.C7H8S.C6H5NO3S.C6H7NS.3C2H7NS.CH5NS.18CH4/c1-8-6-2-4-7(9)5-3-6;1-9-7-4-2-6(8)3-5-7;1-6-2-4-7(8)5-3-6;8-7(9)10-5-1-3-6(11)4-2-5;7-5-1-3-6(8)4-2-5;3*3-1-2-4;2-1-3;;;;;;;;;;;;;;;;;;/h2-5,9H,1H3;2-5,8H,1H3;2-5,8H,1H3;1-4,11H;1-4,8H,7H2;3*4H,1-3H2;3H,1-2H2;18*1H4. The van der Waals surface area contributed by atoms with Gasteiger partial charge >= 0.3 is 0 Å². The minimum atomic E-state index is -0.854. The van der Waals surface area contributed by atoms with E-state index in [0.717, 1.165) is 53.2 Å². The molecular formula is C58H134N6O4S10. The molecule has 0 saturated heterocycles. The van der Waals surface area contributed by atoms with Crippen LogP contribution in [0.25, 0.3) is 0 Å². The van der Waals surface area contributed by atoms with Crippen molar-refractivity contribution in [2.45, 2.75) is 170 Å². The average molecular weight is 1300 g/mol. The van der Waals surface area contributed by atoms with Crippen LogP contribution in [0, 0.1) is 17.0 Å². The van der Waals surface area contributed by atoms with Crippen LogP contribution in [-0.4, -0.2) is 61.2 Å². The number of thioether (sulfide) groups is 1. The number of nitrogens with two attached hydrogens (primary N) is 5. The van der Waals surface area contributed by atoms with Crippen LogP contribution in [0.15, 0.2) is 151 Å². The lowest BCUT2D eigenvalue weighted by molar-refractivity contribution is -0.711. The van der Waals surface area contributed by atoms with Gasteiger partial charge in [0, 0.05) is 77.8 Å². The first kappa shape index (κ1) is 147. The van der Waals surface area contributed by atoms with Gasteiger partial charge in [0.25, 0.3) is 5.09 Å². The molecule has 0 saturated carbocycles. The third-order valence-corrected chi connectivity index (χ3v) is 8.48. The first-order chi connectivity index (χ1) is 28.6.